The zero-order valence-corrected chi connectivity index (χ0v) is 10.8. The zero-order chi connectivity index (χ0) is 13.1. The first-order valence-electron chi connectivity index (χ1n) is 6.06. The van der Waals surface area contributed by atoms with E-state index in [0.29, 0.717) is 19.5 Å². The Hall–Kier alpha value is -0.840. The lowest BCUT2D eigenvalue weighted by Gasteiger charge is -2.26. The molecule has 1 saturated heterocycles. The average molecular weight is 247 g/mol. The Morgan fingerprint density at radius 1 is 1.41 bits per heavy atom. The minimum absolute atomic E-state index is 0.163. The number of carbonyl (C=O) groups is 1. The lowest BCUT2D eigenvalue weighted by molar-refractivity contribution is 0.0253. The van der Waals surface area contributed by atoms with Gasteiger partial charge < -0.3 is 14.7 Å². The number of carbonyl (C=O) groups excluding carboxylic acids is 1. The van der Waals surface area contributed by atoms with E-state index in [9.17, 15) is 9.18 Å². The summed E-state index contributed by atoms with van der Waals surface area (Å²) in [5.74, 6) is -0.359. The predicted octanol–water partition coefficient (Wildman–Crippen LogP) is 1.96. The first-order chi connectivity index (χ1) is 7.83. The summed E-state index contributed by atoms with van der Waals surface area (Å²) in [6.07, 6.45) is -0.683. The number of likely N-dealkylation sites (tertiary alicyclic amines) is 1. The molecule has 0 aromatic rings. The zero-order valence-electron chi connectivity index (χ0n) is 10.8. The number of ether oxygens (including phenoxy) is 1. The molecular formula is C12H22FNO3. The molecule has 0 aliphatic carbocycles. The van der Waals surface area contributed by atoms with E-state index >= 15 is 0 Å². The summed E-state index contributed by atoms with van der Waals surface area (Å²) in [6.45, 7) is 6.04. The third-order valence-electron chi connectivity index (χ3n) is 2.84. The summed E-state index contributed by atoms with van der Waals surface area (Å²) in [4.78, 5) is 13.3. The quantitative estimate of drug-likeness (QED) is 0.770. The first kappa shape index (κ1) is 14.2. The van der Waals surface area contributed by atoms with Crippen molar-refractivity contribution in [3.63, 3.8) is 0 Å². The molecule has 1 rings (SSSR count). The Balaban J connectivity index is 2.53. The normalized spacial score (nSPS) is 26.5. The highest BCUT2D eigenvalue weighted by Crippen LogP contribution is 2.22. The van der Waals surface area contributed by atoms with Crippen molar-refractivity contribution in [2.75, 3.05) is 19.7 Å². The van der Waals surface area contributed by atoms with Crippen molar-refractivity contribution >= 4 is 6.09 Å². The van der Waals surface area contributed by atoms with Crippen LogP contribution in [0, 0.1) is 5.92 Å². The Morgan fingerprint density at radius 3 is 2.53 bits per heavy atom. The molecule has 0 radical (unpaired) electrons. The van der Waals surface area contributed by atoms with E-state index < -0.39 is 17.9 Å². The number of aliphatic hydroxyl groups is 1. The van der Waals surface area contributed by atoms with Gasteiger partial charge in [0.15, 0.2) is 0 Å². The van der Waals surface area contributed by atoms with E-state index in [2.05, 4.69) is 0 Å². The van der Waals surface area contributed by atoms with E-state index in [1.807, 2.05) is 0 Å². The largest absolute Gasteiger partial charge is 0.444 e. The summed E-state index contributed by atoms with van der Waals surface area (Å²) in [7, 11) is 0. The fourth-order valence-electron chi connectivity index (χ4n) is 1.84. The van der Waals surface area contributed by atoms with E-state index in [4.69, 9.17) is 9.84 Å². The fraction of sp³-hybridized carbons (Fsp3) is 0.917. The van der Waals surface area contributed by atoms with Gasteiger partial charge in [-0.15, -0.1) is 0 Å². The van der Waals surface area contributed by atoms with Crippen molar-refractivity contribution < 1.29 is 19.0 Å². The van der Waals surface area contributed by atoms with Gasteiger partial charge in [0, 0.05) is 25.6 Å². The molecule has 1 heterocycles. The van der Waals surface area contributed by atoms with Crippen LogP contribution in [0.1, 0.15) is 33.6 Å². The number of halogens is 1. The summed E-state index contributed by atoms with van der Waals surface area (Å²) >= 11 is 0. The molecule has 4 nitrogen and oxygen atoms in total. The van der Waals surface area contributed by atoms with E-state index in [0.717, 1.165) is 0 Å². The number of alkyl halides is 1. The van der Waals surface area contributed by atoms with Gasteiger partial charge in [-0.2, -0.15) is 0 Å². The van der Waals surface area contributed by atoms with Gasteiger partial charge in [-0.05, 0) is 33.6 Å². The van der Waals surface area contributed by atoms with Crippen LogP contribution < -0.4 is 0 Å². The second-order valence-electron chi connectivity index (χ2n) is 5.50. The second-order valence-corrected chi connectivity index (χ2v) is 5.50. The van der Waals surface area contributed by atoms with Crippen LogP contribution in [0.2, 0.25) is 0 Å². The Labute approximate surface area is 102 Å². The van der Waals surface area contributed by atoms with Gasteiger partial charge in [0.2, 0.25) is 0 Å². The summed E-state index contributed by atoms with van der Waals surface area (Å²) < 4.78 is 18.8. The van der Waals surface area contributed by atoms with Gasteiger partial charge in [-0.3, -0.25) is 0 Å². The molecule has 0 saturated carbocycles. The number of nitrogens with zero attached hydrogens (tertiary/aromatic N) is 1. The maximum atomic E-state index is 13.5. The third kappa shape index (κ3) is 4.50. The van der Waals surface area contributed by atoms with Gasteiger partial charge >= 0.3 is 6.09 Å². The predicted molar refractivity (Wildman–Crippen MR) is 62.5 cm³/mol. The standard InChI is InChI=1S/C12H22FNO3/c1-12(2,3)17-11(16)14-6-4-9(8-15)10(13)5-7-14/h9-10,15H,4-8H2,1-3H3/t9-,10-/m1/s1. The van der Waals surface area contributed by atoms with Crippen LogP contribution in [0.15, 0.2) is 0 Å². The number of amides is 1. The summed E-state index contributed by atoms with van der Waals surface area (Å²) in [6, 6.07) is 0. The Morgan fingerprint density at radius 2 is 2.00 bits per heavy atom. The van der Waals surface area contributed by atoms with Crippen molar-refractivity contribution in [3.05, 3.63) is 0 Å². The molecule has 1 amide bonds. The number of hydrogen-bond donors (Lipinski definition) is 1. The van der Waals surface area contributed by atoms with Crippen molar-refractivity contribution in [2.45, 2.75) is 45.4 Å². The molecule has 1 N–H and O–H groups in total. The molecule has 5 heteroatoms. The highest BCUT2D eigenvalue weighted by molar-refractivity contribution is 5.68. The average Bonchev–Trinajstić information content (AvgIpc) is 2.37. The first-order valence-corrected chi connectivity index (χ1v) is 6.06. The van der Waals surface area contributed by atoms with Crippen molar-refractivity contribution in [1.29, 1.82) is 0 Å². The van der Waals surface area contributed by atoms with Gasteiger partial charge in [0.05, 0.1) is 0 Å². The van der Waals surface area contributed by atoms with Crippen LogP contribution in [0.5, 0.6) is 0 Å². The second kappa shape index (κ2) is 5.67. The number of aliphatic hydroxyl groups excluding tert-OH is 1. The van der Waals surface area contributed by atoms with Crippen LogP contribution in [-0.2, 0) is 4.74 Å². The molecule has 1 aliphatic rings. The van der Waals surface area contributed by atoms with Crippen LogP contribution >= 0.6 is 0 Å². The number of hydrogen-bond acceptors (Lipinski definition) is 3. The summed E-state index contributed by atoms with van der Waals surface area (Å²) in [5, 5.41) is 9.02. The van der Waals surface area contributed by atoms with Gasteiger partial charge in [-0.1, -0.05) is 0 Å². The molecule has 2 atom stereocenters. The van der Waals surface area contributed by atoms with Gasteiger partial charge in [0.1, 0.15) is 11.8 Å². The third-order valence-corrected chi connectivity index (χ3v) is 2.84. The molecular weight excluding hydrogens is 225 g/mol. The van der Waals surface area contributed by atoms with Crippen LogP contribution in [0.3, 0.4) is 0 Å². The van der Waals surface area contributed by atoms with Crippen molar-refractivity contribution in [3.8, 4) is 0 Å². The minimum Gasteiger partial charge on any atom is -0.444 e. The summed E-state index contributed by atoms with van der Waals surface area (Å²) in [5.41, 5.74) is -0.533. The highest BCUT2D eigenvalue weighted by Gasteiger charge is 2.29. The van der Waals surface area contributed by atoms with E-state index in [1.165, 1.54) is 4.90 Å². The Bertz CT molecular complexity index is 265. The van der Waals surface area contributed by atoms with Gasteiger partial charge in [-0.25, -0.2) is 9.18 Å². The molecule has 17 heavy (non-hydrogen) atoms. The van der Waals surface area contributed by atoms with Crippen LogP contribution in [0.25, 0.3) is 0 Å². The monoisotopic (exact) mass is 247 g/mol. The van der Waals surface area contributed by atoms with E-state index in [-0.39, 0.29) is 18.9 Å². The molecule has 0 aromatic carbocycles. The maximum absolute atomic E-state index is 13.5. The van der Waals surface area contributed by atoms with Crippen LogP contribution in [-0.4, -0.2) is 47.6 Å². The molecule has 0 unspecified atom stereocenters. The Kier molecular flexibility index (Phi) is 4.74. The maximum Gasteiger partial charge on any atom is 0.410 e. The SMILES string of the molecule is CC(C)(C)OC(=O)N1CC[C@H](CO)[C@H](F)CC1. The van der Waals surface area contributed by atoms with E-state index in [1.54, 1.807) is 20.8 Å². The molecule has 0 aromatic heterocycles. The molecule has 0 bridgehead atoms. The topological polar surface area (TPSA) is 49.8 Å². The van der Waals surface area contributed by atoms with Gasteiger partial charge in [0.25, 0.3) is 0 Å². The smallest absolute Gasteiger partial charge is 0.410 e. The van der Waals surface area contributed by atoms with Crippen LogP contribution in [0.4, 0.5) is 9.18 Å². The van der Waals surface area contributed by atoms with Crippen molar-refractivity contribution in [1.82, 2.24) is 4.90 Å². The molecule has 1 aliphatic heterocycles. The molecule has 0 spiro atoms. The fourth-order valence-corrected chi connectivity index (χ4v) is 1.84. The molecule has 1 fully saturated rings. The lowest BCUT2D eigenvalue weighted by atomic mass is 10.0. The molecule has 100 valence electrons. The highest BCUT2D eigenvalue weighted by atomic mass is 19.1. The minimum atomic E-state index is -1.03. The number of rotatable bonds is 1. The van der Waals surface area contributed by atoms with Crippen molar-refractivity contribution in [2.24, 2.45) is 5.92 Å². The lowest BCUT2D eigenvalue weighted by Crippen LogP contribution is -2.37.